The van der Waals surface area contributed by atoms with E-state index in [1.165, 1.54) is 24.5 Å². The summed E-state index contributed by atoms with van der Waals surface area (Å²) in [7, 11) is 0. The molecule has 1 aromatic carbocycles. The number of halogens is 2. The largest absolute Gasteiger partial charge is 0.326 e. The zero-order chi connectivity index (χ0) is 29.0. The Morgan fingerprint density at radius 2 is 1.93 bits per heavy atom. The number of hydrogen-bond donors (Lipinski definition) is 1. The molecule has 0 unspecified atom stereocenters. The number of thioether (sulfide) groups is 1. The van der Waals surface area contributed by atoms with Gasteiger partial charge in [0.25, 0.3) is 0 Å². The lowest BCUT2D eigenvalue weighted by atomic mass is 9.89. The topological polar surface area (TPSA) is 71.2 Å². The zero-order valence-electron chi connectivity index (χ0n) is 24.2. The molecule has 1 aliphatic heterocycles. The number of nitrogens with one attached hydrogen (secondary N) is 1. The first-order valence-corrected chi connectivity index (χ1v) is 15.0. The Balaban J connectivity index is 1.58. The van der Waals surface area contributed by atoms with E-state index in [2.05, 4.69) is 57.0 Å². The van der Waals surface area contributed by atoms with Crippen LogP contribution in [-0.4, -0.2) is 62.3 Å². The molecule has 214 valence electrons. The van der Waals surface area contributed by atoms with Crippen LogP contribution in [0.3, 0.4) is 0 Å². The van der Waals surface area contributed by atoms with Gasteiger partial charge in [-0.05, 0) is 97.3 Å². The number of anilines is 1. The number of likely N-dealkylation sites (tertiary alicyclic amines) is 1. The number of benzene rings is 1. The van der Waals surface area contributed by atoms with Crippen LogP contribution >= 0.6 is 11.8 Å². The van der Waals surface area contributed by atoms with Crippen molar-refractivity contribution in [1.29, 1.82) is 0 Å². The van der Waals surface area contributed by atoms with Gasteiger partial charge in [-0.2, -0.15) is 11.8 Å². The summed E-state index contributed by atoms with van der Waals surface area (Å²) >= 11 is 1.88. The predicted molar refractivity (Wildman–Crippen MR) is 163 cm³/mol. The fourth-order valence-electron chi connectivity index (χ4n) is 5.56. The predicted octanol–water partition coefficient (Wildman–Crippen LogP) is 7.02. The van der Waals surface area contributed by atoms with Crippen molar-refractivity contribution in [3.8, 4) is 11.3 Å². The maximum absolute atomic E-state index is 15.0. The lowest BCUT2D eigenvalue weighted by Gasteiger charge is -2.35. The number of piperidine rings is 1. The molecule has 1 atom stereocenters. The summed E-state index contributed by atoms with van der Waals surface area (Å²) in [6.07, 6.45) is 9.50. The van der Waals surface area contributed by atoms with Gasteiger partial charge < -0.3 is 14.8 Å². The Kier molecular flexibility index (Phi) is 9.73. The number of allylic oxidation sites excluding steroid dienone is 2. The van der Waals surface area contributed by atoms with Crippen molar-refractivity contribution in [1.82, 2.24) is 24.4 Å². The summed E-state index contributed by atoms with van der Waals surface area (Å²) in [5, 5.41) is 3.45. The molecule has 0 saturated carbocycles. The van der Waals surface area contributed by atoms with E-state index in [9.17, 15) is 4.39 Å². The highest BCUT2D eigenvalue weighted by molar-refractivity contribution is 7.99. The van der Waals surface area contributed by atoms with E-state index in [0.29, 0.717) is 33.9 Å². The molecule has 40 heavy (non-hydrogen) atoms. The van der Waals surface area contributed by atoms with E-state index in [1.54, 1.807) is 6.07 Å². The molecule has 0 amide bonds. The maximum Gasteiger partial charge on any atom is 0.229 e. The van der Waals surface area contributed by atoms with Crippen LogP contribution in [0.1, 0.15) is 52.4 Å². The normalized spacial score (nSPS) is 16.6. The van der Waals surface area contributed by atoms with Crippen molar-refractivity contribution >= 4 is 35.5 Å². The molecule has 1 aliphatic rings. The Morgan fingerprint density at radius 3 is 2.55 bits per heavy atom. The Labute approximate surface area is 239 Å². The minimum absolute atomic E-state index is 0.0107. The molecule has 0 aliphatic carbocycles. The summed E-state index contributed by atoms with van der Waals surface area (Å²) in [6, 6.07) is 3.04. The van der Waals surface area contributed by atoms with Crippen LogP contribution in [0.4, 0.5) is 14.7 Å². The Hall–Kier alpha value is -3.11. The fraction of sp³-hybridized carbons (Fsp3) is 0.467. The molecule has 0 radical (unpaired) electrons. The van der Waals surface area contributed by atoms with Gasteiger partial charge in [0.2, 0.25) is 5.95 Å². The van der Waals surface area contributed by atoms with Crippen LogP contribution in [-0.2, 0) is 0 Å². The van der Waals surface area contributed by atoms with E-state index in [-0.39, 0.29) is 23.2 Å². The molecule has 2 aromatic heterocycles. The van der Waals surface area contributed by atoms with Gasteiger partial charge in [0, 0.05) is 16.9 Å². The molecule has 0 spiro atoms. The van der Waals surface area contributed by atoms with Gasteiger partial charge >= 0.3 is 0 Å². The summed E-state index contributed by atoms with van der Waals surface area (Å²) in [5.74, 6) is 0.724. The van der Waals surface area contributed by atoms with E-state index in [1.807, 2.05) is 49.3 Å². The first kappa shape index (κ1) is 29.9. The summed E-state index contributed by atoms with van der Waals surface area (Å²) in [6.45, 7) is 17.2. The van der Waals surface area contributed by atoms with Crippen LogP contribution in [0.5, 0.6) is 0 Å². The first-order chi connectivity index (χ1) is 19.2. The number of nitrogens with zero attached hydrogens (tertiary/aromatic N) is 6. The van der Waals surface area contributed by atoms with Gasteiger partial charge in [0.1, 0.15) is 22.9 Å². The van der Waals surface area contributed by atoms with Gasteiger partial charge in [-0.25, -0.2) is 28.7 Å². The van der Waals surface area contributed by atoms with Crippen molar-refractivity contribution in [2.75, 3.05) is 31.2 Å². The number of aromatic nitrogens is 4. The van der Waals surface area contributed by atoms with Crippen molar-refractivity contribution in [3.05, 3.63) is 59.3 Å². The minimum Gasteiger partial charge on any atom is -0.326 e. The Morgan fingerprint density at radius 1 is 1.20 bits per heavy atom. The van der Waals surface area contributed by atoms with E-state index in [4.69, 9.17) is 0 Å². The number of fused-ring (bicyclic) bond motifs is 1. The van der Waals surface area contributed by atoms with Gasteiger partial charge in [0.15, 0.2) is 11.6 Å². The highest BCUT2D eigenvalue weighted by atomic mass is 32.2. The van der Waals surface area contributed by atoms with Crippen LogP contribution in [0.25, 0.3) is 22.3 Å². The van der Waals surface area contributed by atoms with Crippen LogP contribution < -0.4 is 5.32 Å². The summed E-state index contributed by atoms with van der Waals surface area (Å²) in [5.41, 5.74) is 2.40. The highest BCUT2D eigenvalue weighted by Gasteiger charge is 2.26. The summed E-state index contributed by atoms with van der Waals surface area (Å²) in [4.78, 5) is 19.4. The molecule has 4 rings (SSSR count). The Bertz CT molecular complexity index is 1420. The first-order valence-electron chi connectivity index (χ1n) is 13.7. The van der Waals surface area contributed by atoms with Gasteiger partial charge in [-0.15, -0.1) is 0 Å². The van der Waals surface area contributed by atoms with Crippen molar-refractivity contribution in [2.24, 2.45) is 10.9 Å². The lowest BCUT2D eigenvalue weighted by Crippen LogP contribution is -2.37. The van der Waals surface area contributed by atoms with Gasteiger partial charge in [-0.3, -0.25) is 0 Å². The highest BCUT2D eigenvalue weighted by Crippen LogP contribution is 2.33. The van der Waals surface area contributed by atoms with Gasteiger partial charge in [-0.1, -0.05) is 18.6 Å². The molecule has 7 nitrogen and oxygen atoms in total. The van der Waals surface area contributed by atoms with Crippen molar-refractivity contribution < 1.29 is 8.78 Å². The number of imidazole rings is 1. The quantitative estimate of drug-likeness (QED) is 0.210. The monoisotopic (exact) mass is 567 g/mol. The molecule has 3 aromatic rings. The standard InChI is InChI=1S/C30H39F2N7S/c1-8-38-13-11-21(12-14-38)29(40-7)19(4)9-10-26(33-6)36-30-34-17-24(32)27(37-30)22-15-23(31)28-25(16-22)39(18(2)3)20(5)35-28/h9-10,15-18,21,29H,6,8,11-14H2,1-5,7H3,(H,34,36,37)/b19-9+,26-10+/t29-/m1/s1. The molecular formula is C30H39F2N7S. The third-order valence-corrected chi connectivity index (χ3v) is 8.85. The van der Waals surface area contributed by atoms with Crippen LogP contribution in [0.2, 0.25) is 0 Å². The maximum atomic E-state index is 15.0. The molecular weight excluding hydrogens is 528 g/mol. The van der Waals surface area contributed by atoms with E-state index in [0.717, 1.165) is 25.8 Å². The van der Waals surface area contributed by atoms with E-state index >= 15 is 4.39 Å². The number of rotatable bonds is 10. The molecule has 1 fully saturated rings. The second-order valence-electron chi connectivity index (χ2n) is 10.5. The van der Waals surface area contributed by atoms with E-state index < -0.39 is 11.6 Å². The molecule has 3 heterocycles. The zero-order valence-corrected chi connectivity index (χ0v) is 25.0. The SMILES string of the molecule is C=N/C(=C\C=C(/C)[C@@H](SC)C1CCN(CC)CC1)Nc1ncc(F)c(-c2cc(F)c3nc(C)n(C(C)C)c3c2)n1. The average Bonchev–Trinajstić information content (AvgIpc) is 3.29. The lowest BCUT2D eigenvalue weighted by molar-refractivity contribution is 0.194. The van der Waals surface area contributed by atoms with Crippen molar-refractivity contribution in [2.45, 2.75) is 58.8 Å². The summed E-state index contributed by atoms with van der Waals surface area (Å²) < 4.78 is 31.9. The second kappa shape index (κ2) is 13.0. The van der Waals surface area contributed by atoms with Crippen molar-refractivity contribution in [3.63, 3.8) is 0 Å². The number of aliphatic imine (C=N–C) groups is 1. The molecule has 10 heteroatoms. The average molecular weight is 568 g/mol. The number of hydrogen-bond acceptors (Lipinski definition) is 7. The third kappa shape index (κ3) is 6.44. The van der Waals surface area contributed by atoms with Crippen LogP contribution in [0.15, 0.2) is 46.9 Å². The molecule has 1 N–H and O–H groups in total. The van der Waals surface area contributed by atoms with Gasteiger partial charge in [0.05, 0.1) is 11.7 Å². The smallest absolute Gasteiger partial charge is 0.229 e. The van der Waals surface area contributed by atoms with Crippen LogP contribution in [0, 0.1) is 24.5 Å². The second-order valence-corrected chi connectivity index (χ2v) is 11.5. The molecule has 0 bridgehead atoms. The molecule has 1 saturated heterocycles. The number of aryl methyl sites for hydroxylation is 1. The minimum atomic E-state index is -0.651. The fourth-order valence-corrected chi connectivity index (χ4v) is 6.67. The third-order valence-electron chi connectivity index (χ3n) is 7.58.